The van der Waals surface area contributed by atoms with Crippen molar-refractivity contribution in [3.63, 3.8) is 0 Å². The van der Waals surface area contributed by atoms with Gasteiger partial charge in [0.05, 0.1) is 0 Å². The minimum Gasteiger partial charge on any atom is -0.439 e. The smallest absolute Gasteiger partial charge is 0.219 e. The Morgan fingerprint density at radius 1 is 0.926 bits per heavy atom. The van der Waals surface area contributed by atoms with Crippen LogP contribution in [-0.4, -0.2) is 34.0 Å². The molecule has 1 fully saturated rings. The van der Waals surface area contributed by atoms with Gasteiger partial charge in [-0.1, -0.05) is 48.3 Å². The topological polar surface area (TPSA) is 58.0 Å². The maximum absolute atomic E-state index is 9.52. The van der Waals surface area contributed by atoms with E-state index in [1.54, 1.807) is 6.20 Å². The molecule has 5 heteroatoms. The first-order chi connectivity index (χ1) is 13.3. The van der Waals surface area contributed by atoms with Gasteiger partial charge in [-0.3, -0.25) is 0 Å². The van der Waals surface area contributed by atoms with Gasteiger partial charge in [0.1, 0.15) is 5.75 Å². The molecule has 0 spiro atoms. The van der Waals surface area contributed by atoms with E-state index in [1.165, 1.54) is 18.2 Å². The van der Waals surface area contributed by atoms with Crippen molar-refractivity contribution >= 4 is 16.6 Å². The van der Waals surface area contributed by atoms with Crippen LogP contribution in [0.5, 0.6) is 11.6 Å². The van der Waals surface area contributed by atoms with Gasteiger partial charge in [-0.2, -0.15) is 0 Å². The van der Waals surface area contributed by atoms with Crippen molar-refractivity contribution in [3.8, 4) is 11.6 Å². The molecule has 4 rings (SSSR count). The van der Waals surface area contributed by atoms with Crippen LogP contribution < -0.4 is 4.74 Å². The van der Waals surface area contributed by atoms with E-state index in [2.05, 4.69) is 27.2 Å². The highest BCUT2D eigenvalue weighted by atomic mass is 16.5. The summed E-state index contributed by atoms with van der Waals surface area (Å²) in [6.07, 6.45) is 6.40. The first-order valence-electron chi connectivity index (χ1n) is 9.43. The summed E-state index contributed by atoms with van der Waals surface area (Å²) in [4.78, 5) is 6.53. The van der Waals surface area contributed by atoms with Gasteiger partial charge in [0.15, 0.2) is 5.84 Å². The maximum atomic E-state index is 9.52. The third kappa shape index (κ3) is 4.03. The minimum absolute atomic E-state index is 0.516. The molecule has 1 saturated heterocycles. The van der Waals surface area contributed by atoms with Crippen LogP contribution in [0, 0.1) is 0 Å². The summed E-state index contributed by atoms with van der Waals surface area (Å²) in [5, 5.41) is 15.4. The highest BCUT2D eigenvalue weighted by molar-refractivity contribution is 5.98. The van der Waals surface area contributed by atoms with Gasteiger partial charge in [0.25, 0.3) is 0 Å². The SMILES string of the molecule is O/N=C(/c1ccc(Oc2ccc3ccccc3c2)nc1)N1CCCCCC1. The minimum atomic E-state index is 0.516. The van der Waals surface area contributed by atoms with Crippen LogP contribution in [0.3, 0.4) is 0 Å². The Balaban J connectivity index is 1.50. The molecule has 2 heterocycles. The monoisotopic (exact) mass is 361 g/mol. The molecule has 138 valence electrons. The highest BCUT2D eigenvalue weighted by Gasteiger charge is 2.16. The van der Waals surface area contributed by atoms with E-state index in [-0.39, 0.29) is 0 Å². The molecule has 1 N–H and O–H groups in total. The van der Waals surface area contributed by atoms with E-state index in [1.807, 2.05) is 42.5 Å². The molecule has 27 heavy (non-hydrogen) atoms. The van der Waals surface area contributed by atoms with Crippen molar-refractivity contribution in [2.24, 2.45) is 5.16 Å². The molecule has 1 aliphatic heterocycles. The quantitative estimate of drug-likeness (QED) is 0.307. The largest absolute Gasteiger partial charge is 0.439 e. The summed E-state index contributed by atoms with van der Waals surface area (Å²) in [7, 11) is 0. The molecule has 0 radical (unpaired) electrons. The Labute approximate surface area is 158 Å². The lowest BCUT2D eigenvalue weighted by atomic mass is 10.1. The van der Waals surface area contributed by atoms with Gasteiger partial charge in [0.2, 0.25) is 5.88 Å². The number of benzene rings is 2. The number of fused-ring (bicyclic) bond motifs is 1. The molecule has 1 aliphatic rings. The Hall–Kier alpha value is -3.08. The Bertz CT molecular complexity index is 930. The second-order valence-corrected chi connectivity index (χ2v) is 6.82. The summed E-state index contributed by atoms with van der Waals surface area (Å²) in [5.41, 5.74) is 0.797. The van der Waals surface area contributed by atoms with Crippen LogP contribution in [0.25, 0.3) is 10.8 Å². The van der Waals surface area contributed by atoms with Crippen molar-refractivity contribution in [1.82, 2.24) is 9.88 Å². The third-order valence-corrected chi connectivity index (χ3v) is 4.94. The van der Waals surface area contributed by atoms with E-state index in [0.717, 1.165) is 42.6 Å². The number of aromatic nitrogens is 1. The summed E-state index contributed by atoms with van der Waals surface area (Å²) in [6.45, 7) is 1.82. The molecule has 5 nitrogen and oxygen atoms in total. The summed E-state index contributed by atoms with van der Waals surface area (Å²) >= 11 is 0. The van der Waals surface area contributed by atoms with Gasteiger partial charge in [-0.25, -0.2) is 4.98 Å². The average molecular weight is 361 g/mol. The van der Waals surface area contributed by atoms with Crippen molar-refractivity contribution in [2.45, 2.75) is 25.7 Å². The first-order valence-corrected chi connectivity index (χ1v) is 9.43. The lowest BCUT2D eigenvalue weighted by molar-refractivity contribution is 0.301. The summed E-state index contributed by atoms with van der Waals surface area (Å²) in [6, 6.07) is 17.9. The zero-order valence-corrected chi connectivity index (χ0v) is 15.2. The van der Waals surface area contributed by atoms with E-state index in [4.69, 9.17) is 4.74 Å². The fraction of sp³-hybridized carbons (Fsp3) is 0.273. The van der Waals surface area contributed by atoms with Crippen LogP contribution in [0.15, 0.2) is 65.9 Å². The van der Waals surface area contributed by atoms with Gasteiger partial charge in [-0.05, 0) is 41.8 Å². The Morgan fingerprint density at radius 2 is 1.70 bits per heavy atom. The molecule has 0 unspecified atom stereocenters. The van der Waals surface area contributed by atoms with Crippen LogP contribution >= 0.6 is 0 Å². The molecule has 0 amide bonds. The first kappa shape index (κ1) is 17.3. The lowest BCUT2D eigenvalue weighted by Gasteiger charge is -2.23. The zero-order valence-electron chi connectivity index (χ0n) is 15.2. The van der Waals surface area contributed by atoms with Crippen molar-refractivity contribution in [2.75, 3.05) is 13.1 Å². The number of pyridine rings is 1. The van der Waals surface area contributed by atoms with E-state index >= 15 is 0 Å². The van der Waals surface area contributed by atoms with Gasteiger partial charge in [-0.15, -0.1) is 0 Å². The molecule has 1 aromatic heterocycles. The number of ether oxygens (including phenoxy) is 1. The lowest BCUT2D eigenvalue weighted by Crippen LogP contribution is -2.32. The van der Waals surface area contributed by atoms with Gasteiger partial charge in [0, 0.05) is 30.9 Å². The number of nitrogens with zero attached hydrogens (tertiary/aromatic N) is 3. The number of likely N-dealkylation sites (tertiary alicyclic amines) is 1. The van der Waals surface area contributed by atoms with Gasteiger partial charge < -0.3 is 14.8 Å². The molecular weight excluding hydrogens is 338 g/mol. The molecule has 0 aliphatic carbocycles. The van der Waals surface area contributed by atoms with E-state index in [9.17, 15) is 5.21 Å². The predicted octanol–water partition coefficient (Wildman–Crippen LogP) is 5.04. The van der Waals surface area contributed by atoms with Crippen LogP contribution in [0.2, 0.25) is 0 Å². The highest BCUT2D eigenvalue weighted by Crippen LogP contribution is 2.25. The van der Waals surface area contributed by atoms with Crippen LogP contribution in [-0.2, 0) is 0 Å². The molecule has 0 bridgehead atoms. The van der Waals surface area contributed by atoms with E-state index in [0.29, 0.717) is 11.7 Å². The number of rotatable bonds is 3. The van der Waals surface area contributed by atoms with E-state index < -0.39 is 0 Å². The van der Waals surface area contributed by atoms with Crippen molar-refractivity contribution in [3.05, 3.63) is 66.4 Å². The summed E-state index contributed by atoms with van der Waals surface area (Å²) in [5.74, 6) is 1.85. The molecule has 0 saturated carbocycles. The van der Waals surface area contributed by atoms with Crippen LogP contribution in [0.1, 0.15) is 31.2 Å². The second kappa shape index (κ2) is 8.08. The second-order valence-electron chi connectivity index (χ2n) is 6.82. The van der Waals surface area contributed by atoms with Crippen molar-refractivity contribution in [1.29, 1.82) is 0 Å². The molecule has 0 atom stereocenters. The number of amidine groups is 1. The third-order valence-electron chi connectivity index (χ3n) is 4.94. The standard InChI is InChI=1S/C22H23N3O2/c26-24-22(25-13-5-1-2-6-14-25)19-10-12-21(23-16-19)27-20-11-9-17-7-3-4-8-18(17)15-20/h3-4,7-12,15-16,26H,1-2,5-6,13-14H2/b24-22-. The average Bonchev–Trinajstić information content (AvgIpc) is 2.99. The Kier molecular flexibility index (Phi) is 5.19. The number of hydrogen-bond donors (Lipinski definition) is 1. The Morgan fingerprint density at radius 3 is 2.41 bits per heavy atom. The maximum Gasteiger partial charge on any atom is 0.219 e. The van der Waals surface area contributed by atoms with Crippen molar-refractivity contribution < 1.29 is 9.94 Å². The zero-order chi connectivity index (χ0) is 18.5. The fourth-order valence-corrected chi connectivity index (χ4v) is 3.51. The molecule has 3 aromatic rings. The predicted molar refractivity (Wildman–Crippen MR) is 107 cm³/mol. The summed E-state index contributed by atoms with van der Waals surface area (Å²) < 4.78 is 5.89. The van der Waals surface area contributed by atoms with Crippen LogP contribution in [0.4, 0.5) is 0 Å². The number of hydrogen-bond acceptors (Lipinski definition) is 4. The normalized spacial score (nSPS) is 15.6. The number of oxime groups is 1. The molecule has 2 aromatic carbocycles. The molecular formula is C22H23N3O2. The fourth-order valence-electron chi connectivity index (χ4n) is 3.51. The van der Waals surface area contributed by atoms with Gasteiger partial charge >= 0.3 is 0 Å².